The van der Waals surface area contributed by atoms with Crippen LogP contribution in [0.25, 0.3) is 0 Å². The fourth-order valence-corrected chi connectivity index (χ4v) is 5.30. The number of benzene rings is 1. The van der Waals surface area contributed by atoms with Crippen molar-refractivity contribution in [3.63, 3.8) is 0 Å². The number of nitro benzene ring substituents is 1. The van der Waals surface area contributed by atoms with E-state index >= 15 is 0 Å². The van der Waals surface area contributed by atoms with Crippen molar-refractivity contribution in [1.82, 2.24) is 4.72 Å². The van der Waals surface area contributed by atoms with Crippen LogP contribution in [0.5, 0.6) is 0 Å². The number of halogens is 1. The topological polar surface area (TPSA) is 103 Å². The zero-order chi connectivity index (χ0) is 19.5. The molecule has 3 rings (SSSR count). The largest absolute Gasteiger partial charge is 0.370 e. The van der Waals surface area contributed by atoms with Crippen molar-refractivity contribution in [2.45, 2.75) is 42.5 Å². The normalized spacial score (nSPS) is 21.1. The molecule has 1 saturated carbocycles. The Morgan fingerprint density at radius 1 is 1.22 bits per heavy atom. The molecule has 8 nitrogen and oxygen atoms in total. The number of ether oxygens (including phenoxy) is 1. The van der Waals surface area contributed by atoms with E-state index in [1.807, 2.05) is 0 Å². The van der Waals surface area contributed by atoms with Gasteiger partial charge < -0.3 is 9.64 Å². The van der Waals surface area contributed by atoms with Gasteiger partial charge in [0.2, 0.25) is 15.8 Å². The Hall–Kier alpha value is -1.62. The zero-order valence-corrected chi connectivity index (χ0v) is 15.9. The molecular weight excluding hydrogens is 377 g/mol. The smallest absolute Gasteiger partial charge is 0.306 e. The molecule has 0 unspecified atom stereocenters. The minimum atomic E-state index is -3.97. The summed E-state index contributed by atoms with van der Waals surface area (Å²) in [5, 5.41) is 10.9. The SMILES string of the molecule is O=[N+]([O-])c1cc(S(=O)(=O)NCC2([NH+]3CCOCC3)CCCCC2)ccc1F. The maximum Gasteiger partial charge on any atom is 0.306 e. The minimum Gasteiger partial charge on any atom is -0.370 e. The van der Waals surface area contributed by atoms with Crippen LogP contribution in [0, 0.1) is 15.9 Å². The molecule has 1 saturated heterocycles. The van der Waals surface area contributed by atoms with E-state index in [2.05, 4.69) is 4.72 Å². The lowest BCUT2D eigenvalue weighted by Crippen LogP contribution is -3.23. The van der Waals surface area contributed by atoms with Gasteiger partial charge in [-0.25, -0.2) is 13.1 Å². The van der Waals surface area contributed by atoms with Gasteiger partial charge in [-0.2, -0.15) is 4.39 Å². The zero-order valence-electron chi connectivity index (χ0n) is 15.1. The number of nitro groups is 1. The van der Waals surface area contributed by atoms with Crippen molar-refractivity contribution in [3.8, 4) is 0 Å². The number of quaternary nitrogens is 1. The Kier molecular flexibility index (Phi) is 6.09. The minimum absolute atomic E-state index is 0.193. The molecule has 1 aliphatic heterocycles. The van der Waals surface area contributed by atoms with Crippen molar-refractivity contribution in [3.05, 3.63) is 34.1 Å². The first-order chi connectivity index (χ1) is 12.8. The third-order valence-corrected chi connectivity index (χ3v) is 7.08. The van der Waals surface area contributed by atoms with Gasteiger partial charge in [0.05, 0.1) is 29.6 Å². The second kappa shape index (κ2) is 8.17. The van der Waals surface area contributed by atoms with E-state index in [4.69, 9.17) is 4.74 Å². The van der Waals surface area contributed by atoms with Crippen molar-refractivity contribution < 1.29 is 27.4 Å². The molecule has 0 spiro atoms. The van der Waals surface area contributed by atoms with E-state index in [0.29, 0.717) is 13.2 Å². The van der Waals surface area contributed by atoms with Crippen molar-refractivity contribution in [1.29, 1.82) is 0 Å². The fraction of sp³-hybridized carbons (Fsp3) is 0.647. The lowest BCUT2D eigenvalue weighted by atomic mass is 9.80. The van der Waals surface area contributed by atoms with E-state index < -0.39 is 26.5 Å². The summed E-state index contributed by atoms with van der Waals surface area (Å²) in [6.07, 6.45) is 5.09. The number of hydrogen-bond acceptors (Lipinski definition) is 5. The van der Waals surface area contributed by atoms with Gasteiger partial charge in [-0.1, -0.05) is 6.42 Å². The molecule has 1 heterocycles. The van der Waals surface area contributed by atoms with Crippen LogP contribution in [0.3, 0.4) is 0 Å². The first kappa shape index (κ1) is 20.1. The molecule has 0 bridgehead atoms. The Balaban J connectivity index is 1.80. The lowest BCUT2D eigenvalue weighted by molar-refractivity contribution is -0.960. The summed E-state index contributed by atoms with van der Waals surface area (Å²) in [4.78, 5) is 11.0. The van der Waals surface area contributed by atoms with Crippen LogP contribution in [-0.2, 0) is 14.8 Å². The molecule has 2 aliphatic rings. The Morgan fingerprint density at radius 2 is 1.89 bits per heavy atom. The van der Waals surface area contributed by atoms with Gasteiger partial charge in [-0.3, -0.25) is 10.1 Å². The molecule has 1 aromatic carbocycles. The second-order valence-corrected chi connectivity index (χ2v) is 9.02. The molecule has 0 radical (unpaired) electrons. The highest BCUT2D eigenvalue weighted by Gasteiger charge is 2.43. The summed E-state index contributed by atoms with van der Waals surface area (Å²) in [5.74, 6) is -1.06. The molecule has 0 aromatic heterocycles. The molecule has 2 N–H and O–H groups in total. The third kappa shape index (κ3) is 4.45. The van der Waals surface area contributed by atoms with Crippen LogP contribution < -0.4 is 9.62 Å². The van der Waals surface area contributed by atoms with E-state index in [9.17, 15) is 22.9 Å². The number of hydrogen-bond donors (Lipinski definition) is 2. The molecule has 1 aliphatic carbocycles. The number of morpholine rings is 1. The summed E-state index contributed by atoms with van der Waals surface area (Å²) in [7, 11) is -3.97. The summed E-state index contributed by atoms with van der Waals surface area (Å²) in [6.45, 7) is 3.26. The Bertz CT molecular complexity index is 790. The number of rotatable bonds is 6. The number of nitrogens with one attached hydrogen (secondary N) is 2. The van der Waals surface area contributed by atoms with Gasteiger partial charge in [0.15, 0.2) is 0 Å². The average molecular weight is 402 g/mol. The number of nitrogens with zero attached hydrogens (tertiary/aromatic N) is 1. The summed E-state index contributed by atoms with van der Waals surface area (Å²) < 4.78 is 47.0. The molecular formula is C17H25FN3O5S+. The first-order valence-electron chi connectivity index (χ1n) is 9.21. The summed E-state index contributed by atoms with van der Waals surface area (Å²) in [5.41, 5.74) is -1.04. The monoisotopic (exact) mass is 402 g/mol. The molecule has 2 fully saturated rings. The van der Waals surface area contributed by atoms with Crippen LogP contribution >= 0.6 is 0 Å². The predicted octanol–water partition coefficient (Wildman–Crippen LogP) is 0.630. The van der Waals surface area contributed by atoms with Crippen LogP contribution in [0.15, 0.2) is 23.1 Å². The highest BCUT2D eigenvalue weighted by molar-refractivity contribution is 7.89. The van der Waals surface area contributed by atoms with Crippen LogP contribution in [0.1, 0.15) is 32.1 Å². The van der Waals surface area contributed by atoms with Crippen LogP contribution in [0.2, 0.25) is 0 Å². The molecule has 10 heteroatoms. The van der Waals surface area contributed by atoms with E-state index in [1.54, 1.807) is 0 Å². The first-order valence-corrected chi connectivity index (χ1v) is 10.7. The Morgan fingerprint density at radius 3 is 2.52 bits per heavy atom. The standard InChI is InChI=1S/C17H24FN3O5S/c18-15-5-4-14(12-16(15)21(22)23)27(24,25)19-13-17(6-2-1-3-7-17)20-8-10-26-11-9-20/h4-5,12,19H,1-3,6-11,13H2/p+1. The predicted molar refractivity (Wildman–Crippen MR) is 95.6 cm³/mol. The van der Waals surface area contributed by atoms with Crippen LogP contribution in [-0.4, -0.2) is 51.7 Å². The highest BCUT2D eigenvalue weighted by Crippen LogP contribution is 2.27. The maximum absolute atomic E-state index is 13.5. The van der Waals surface area contributed by atoms with Crippen molar-refractivity contribution in [2.24, 2.45) is 0 Å². The van der Waals surface area contributed by atoms with E-state index in [-0.39, 0.29) is 17.0 Å². The highest BCUT2D eigenvalue weighted by atomic mass is 32.2. The van der Waals surface area contributed by atoms with E-state index in [0.717, 1.165) is 63.4 Å². The van der Waals surface area contributed by atoms with Gasteiger partial charge in [-0.05, 0) is 25.0 Å². The lowest BCUT2D eigenvalue weighted by Gasteiger charge is -2.44. The van der Waals surface area contributed by atoms with Crippen molar-refractivity contribution in [2.75, 3.05) is 32.8 Å². The van der Waals surface area contributed by atoms with Gasteiger partial charge in [0, 0.05) is 18.9 Å². The molecule has 0 amide bonds. The van der Waals surface area contributed by atoms with Gasteiger partial charge in [0.1, 0.15) is 18.6 Å². The second-order valence-electron chi connectivity index (χ2n) is 7.25. The summed E-state index contributed by atoms with van der Waals surface area (Å²) >= 11 is 0. The average Bonchev–Trinajstić information content (AvgIpc) is 2.68. The fourth-order valence-electron chi connectivity index (χ4n) is 4.15. The molecule has 0 atom stereocenters. The third-order valence-electron chi connectivity index (χ3n) is 5.68. The van der Waals surface area contributed by atoms with Gasteiger partial charge in [-0.15, -0.1) is 0 Å². The molecule has 27 heavy (non-hydrogen) atoms. The van der Waals surface area contributed by atoms with Crippen molar-refractivity contribution >= 4 is 15.7 Å². The van der Waals surface area contributed by atoms with Gasteiger partial charge >= 0.3 is 5.69 Å². The molecule has 1 aromatic rings. The molecule has 150 valence electrons. The number of sulfonamides is 1. The van der Waals surface area contributed by atoms with Crippen LogP contribution in [0.4, 0.5) is 10.1 Å². The quantitative estimate of drug-likeness (QED) is 0.537. The van der Waals surface area contributed by atoms with Gasteiger partial charge in [0.25, 0.3) is 0 Å². The summed E-state index contributed by atoms with van der Waals surface area (Å²) in [6, 6.07) is 2.64. The maximum atomic E-state index is 13.5. The Labute approximate surface area is 157 Å². The van der Waals surface area contributed by atoms with E-state index in [1.165, 1.54) is 4.90 Å².